The van der Waals surface area contributed by atoms with E-state index in [1.807, 2.05) is 38.1 Å². The SMILES string of the molecule is CCNC(C)(CC(C)Sc1ccc(OC)cc1)C(=O)O. The van der Waals surface area contributed by atoms with Gasteiger partial charge in [0.15, 0.2) is 0 Å². The number of carboxylic acids is 1. The monoisotopic (exact) mass is 297 g/mol. The molecule has 5 heteroatoms. The van der Waals surface area contributed by atoms with Gasteiger partial charge in [0.25, 0.3) is 0 Å². The highest BCUT2D eigenvalue weighted by Gasteiger charge is 2.33. The van der Waals surface area contributed by atoms with E-state index in [4.69, 9.17) is 4.74 Å². The largest absolute Gasteiger partial charge is 0.497 e. The standard InChI is InChI=1S/C15H23NO3S/c1-5-16-15(3,14(17)18)10-11(2)20-13-8-6-12(19-4)7-9-13/h6-9,11,16H,5,10H2,1-4H3,(H,17,18). The lowest BCUT2D eigenvalue weighted by Crippen LogP contribution is -2.50. The van der Waals surface area contributed by atoms with Crippen LogP contribution in [0.2, 0.25) is 0 Å². The first-order chi connectivity index (χ1) is 9.41. The third kappa shape index (κ3) is 4.72. The Morgan fingerprint density at radius 2 is 2.05 bits per heavy atom. The van der Waals surface area contributed by atoms with E-state index in [0.717, 1.165) is 10.6 Å². The summed E-state index contributed by atoms with van der Waals surface area (Å²) in [5.41, 5.74) is -0.881. The van der Waals surface area contributed by atoms with E-state index in [0.29, 0.717) is 13.0 Å². The van der Waals surface area contributed by atoms with Crippen molar-refractivity contribution in [3.8, 4) is 5.75 Å². The fourth-order valence-corrected chi connectivity index (χ4v) is 3.30. The molecule has 0 spiro atoms. The maximum absolute atomic E-state index is 11.4. The smallest absolute Gasteiger partial charge is 0.323 e. The van der Waals surface area contributed by atoms with Crippen molar-refractivity contribution in [3.63, 3.8) is 0 Å². The number of ether oxygens (including phenoxy) is 1. The first-order valence-corrected chi connectivity index (χ1v) is 7.58. The average molecular weight is 297 g/mol. The summed E-state index contributed by atoms with van der Waals surface area (Å²) in [6, 6.07) is 7.81. The molecule has 0 fully saturated rings. The minimum absolute atomic E-state index is 0.198. The van der Waals surface area contributed by atoms with Gasteiger partial charge in [-0.25, -0.2) is 0 Å². The van der Waals surface area contributed by atoms with Crippen LogP contribution in [0.4, 0.5) is 0 Å². The predicted octanol–water partition coefficient (Wildman–Crippen LogP) is 3.02. The molecule has 0 saturated carbocycles. The zero-order chi connectivity index (χ0) is 15.2. The molecule has 0 aromatic heterocycles. The molecule has 0 aliphatic rings. The van der Waals surface area contributed by atoms with Gasteiger partial charge in [0.2, 0.25) is 0 Å². The van der Waals surface area contributed by atoms with Gasteiger partial charge in [-0.2, -0.15) is 0 Å². The Morgan fingerprint density at radius 3 is 2.50 bits per heavy atom. The van der Waals surface area contributed by atoms with E-state index >= 15 is 0 Å². The summed E-state index contributed by atoms with van der Waals surface area (Å²) < 4.78 is 5.12. The van der Waals surface area contributed by atoms with Crippen LogP contribution in [-0.2, 0) is 4.79 Å². The normalized spacial score (nSPS) is 15.4. The summed E-state index contributed by atoms with van der Waals surface area (Å²) in [5.74, 6) is 0.0200. The molecule has 0 aliphatic carbocycles. The maximum atomic E-state index is 11.4. The summed E-state index contributed by atoms with van der Waals surface area (Å²) in [7, 11) is 1.64. The fraction of sp³-hybridized carbons (Fsp3) is 0.533. The number of aliphatic carboxylic acids is 1. The van der Waals surface area contributed by atoms with Gasteiger partial charge in [-0.05, 0) is 44.2 Å². The second-order valence-corrected chi connectivity index (χ2v) is 6.49. The zero-order valence-electron chi connectivity index (χ0n) is 12.5. The predicted molar refractivity (Wildman–Crippen MR) is 82.6 cm³/mol. The first-order valence-electron chi connectivity index (χ1n) is 6.70. The van der Waals surface area contributed by atoms with Gasteiger partial charge in [-0.1, -0.05) is 13.8 Å². The van der Waals surface area contributed by atoms with Crippen LogP contribution in [0, 0.1) is 0 Å². The number of methoxy groups -OCH3 is 1. The van der Waals surface area contributed by atoms with Crippen molar-refractivity contribution in [1.82, 2.24) is 5.32 Å². The summed E-state index contributed by atoms with van der Waals surface area (Å²) in [6.07, 6.45) is 0.562. The van der Waals surface area contributed by atoms with Crippen LogP contribution < -0.4 is 10.1 Å². The van der Waals surface area contributed by atoms with Crippen molar-refractivity contribution in [3.05, 3.63) is 24.3 Å². The molecule has 2 atom stereocenters. The molecule has 0 aliphatic heterocycles. The number of rotatable bonds is 8. The molecule has 112 valence electrons. The van der Waals surface area contributed by atoms with E-state index < -0.39 is 11.5 Å². The summed E-state index contributed by atoms with van der Waals surface area (Å²) in [6.45, 7) is 6.35. The molecule has 1 rings (SSSR count). The molecule has 4 nitrogen and oxygen atoms in total. The number of carbonyl (C=O) groups is 1. The number of hydrogen-bond acceptors (Lipinski definition) is 4. The van der Waals surface area contributed by atoms with Gasteiger partial charge in [0, 0.05) is 10.1 Å². The number of nitrogens with one attached hydrogen (secondary N) is 1. The van der Waals surface area contributed by atoms with Crippen LogP contribution in [0.25, 0.3) is 0 Å². The highest BCUT2D eigenvalue weighted by atomic mass is 32.2. The molecular weight excluding hydrogens is 274 g/mol. The molecule has 0 amide bonds. The van der Waals surface area contributed by atoms with Gasteiger partial charge in [-0.3, -0.25) is 4.79 Å². The van der Waals surface area contributed by atoms with E-state index in [2.05, 4.69) is 5.32 Å². The number of hydrogen-bond donors (Lipinski definition) is 2. The zero-order valence-corrected chi connectivity index (χ0v) is 13.3. The second kappa shape index (κ2) is 7.55. The first kappa shape index (κ1) is 16.9. The number of benzene rings is 1. The van der Waals surface area contributed by atoms with E-state index in [1.54, 1.807) is 25.8 Å². The van der Waals surface area contributed by atoms with Crippen molar-refractivity contribution in [2.75, 3.05) is 13.7 Å². The molecule has 0 heterocycles. The number of thioether (sulfide) groups is 1. The van der Waals surface area contributed by atoms with Crippen LogP contribution in [0.3, 0.4) is 0 Å². The third-order valence-electron chi connectivity index (χ3n) is 3.13. The van der Waals surface area contributed by atoms with Crippen LogP contribution in [0.1, 0.15) is 27.2 Å². The summed E-state index contributed by atoms with van der Waals surface area (Å²) in [5, 5.41) is 12.6. The lowest BCUT2D eigenvalue weighted by Gasteiger charge is -2.28. The third-order valence-corrected chi connectivity index (χ3v) is 4.24. The molecule has 2 unspecified atom stereocenters. The van der Waals surface area contributed by atoms with Gasteiger partial charge in [-0.15, -0.1) is 11.8 Å². The van der Waals surface area contributed by atoms with Gasteiger partial charge < -0.3 is 15.2 Å². The average Bonchev–Trinajstić information content (AvgIpc) is 2.39. The molecular formula is C15H23NO3S. The second-order valence-electron chi connectivity index (χ2n) is 4.98. The summed E-state index contributed by atoms with van der Waals surface area (Å²) in [4.78, 5) is 12.5. The Bertz CT molecular complexity index is 435. The van der Waals surface area contributed by atoms with Crippen LogP contribution in [0.15, 0.2) is 29.2 Å². The molecule has 20 heavy (non-hydrogen) atoms. The van der Waals surface area contributed by atoms with Crippen molar-refractivity contribution < 1.29 is 14.6 Å². The van der Waals surface area contributed by atoms with E-state index in [-0.39, 0.29) is 5.25 Å². The minimum Gasteiger partial charge on any atom is -0.497 e. The quantitative estimate of drug-likeness (QED) is 0.722. The van der Waals surface area contributed by atoms with E-state index in [1.165, 1.54) is 0 Å². The van der Waals surface area contributed by atoms with E-state index in [9.17, 15) is 9.90 Å². The molecule has 0 saturated heterocycles. The van der Waals surface area contributed by atoms with Gasteiger partial charge >= 0.3 is 5.97 Å². The number of likely N-dealkylation sites (N-methyl/N-ethyl adjacent to an activating group) is 1. The molecule has 1 aromatic carbocycles. The lowest BCUT2D eigenvalue weighted by atomic mass is 9.96. The Kier molecular flexibility index (Phi) is 6.36. The minimum atomic E-state index is -0.881. The Hall–Kier alpha value is -1.20. The lowest BCUT2D eigenvalue weighted by molar-refractivity contribution is -0.144. The molecule has 2 N–H and O–H groups in total. The molecule has 1 aromatic rings. The van der Waals surface area contributed by atoms with Crippen LogP contribution >= 0.6 is 11.8 Å². The van der Waals surface area contributed by atoms with Gasteiger partial charge in [0.1, 0.15) is 11.3 Å². The van der Waals surface area contributed by atoms with Crippen LogP contribution in [0.5, 0.6) is 5.75 Å². The highest BCUT2D eigenvalue weighted by Crippen LogP contribution is 2.30. The molecule has 0 radical (unpaired) electrons. The van der Waals surface area contributed by atoms with Crippen molar-refractivity contribution in [2.24, 2.45) is 0 Å². The summed E-state index contributed by atoms with van der Waals surface area (Å²) >= 11 is 1.67. The molecule has 0 bridgehead atoms. The fourth-order valence-electron chi connectivity index (χ4n) is 2.13. The van der Waals surface area contributed by atoms with Crippen LogP contribution in [-0.4, -0.2) is 35.5 Å². The van der Waals surface area contributed by atoms with Crippen molar-refractivity contribution in [1.29, 1.82) is 0 Å². The number of carboxylic acid groups (broad SMARTS) is 1. The Labute approximate surface area is 124 Å². The van der Waals surface area contributed by atoms with Gasteiger partial charge in [0.05, 0.1) is 7.11 Å². The van der Waals surface area contributed by atoms with Crippen molar-refractivity contribution >= 4 is 17.7 Å². The highest BCUT2D eigenvalue weighted by molar-refractivity contribution is 7.99. The maximum Gasteiger partial charge on any atom is 0.323 e. The Morgan fingerprint density at radius 1 is 1.45 bits per heavy atom. The van der Waals surface area contributed by atoms with Crippen molar-refractivity contribution in [2.45, 2.75) is 42.9 Å². The topological polar surface area (TPSA) is 58.6 Å². The Balaban J connectivity index is 2.65.